The van der Waals surface area contributed by atoms with Crippen LogP contribution in [0.2, 0.25) is 18.1 Å². The molecule has 0 saturated heterocycles. The van der Waals surface area contributed by atoms with E-state index in [4.69, 9.17) is 9.53 Å². The van der Waals surface area contributed by atoms with E-state index in [-0.39, 0.29) is 17.5 Å². The quantitative estimate of drug-likeness (QED) is 0.757. The van der Waals surface area contributed by atoms with Gasteiger partial charge in [0.2, 0.25) is 0 Å². The van der Waals surface area contributed by atoms with Crippen molar-refractivity contribution in [3.05, 3.63) is 18.3 Å². The minimum Gasteiger partial charge on any atom is -0.481 e. The SMILES string of the molecule is CC(CO[Si](C)(C)C(C)(C)C)n1c(CCC(=O)O)nc2cncnc21. The fourth-order valence-corrected chi connectivity index (χ4v) is 3.46. The van der Waals surface area contributed by atoms with E-state index < -0.39 is 14.3 Å². The van der Waals surface area contributed by atoms with Crippen molar-refractivity contribution in [2.75, 3.05) is 6.61 Å². The summed E-state index contributed by atoms with van der Waals surface area (Å²) in [5.74, 6) is -0.126. The molecule has 1 atom stereocenters. The van der Waals surface area contributed by atoms with Crippen molar-refractivity contribution in [1.29, 1.82) is 0 Å². The number of fused-ring (bicyclic) bond motifs is 1. The van der Waals surface area contributed by atoms with Gasteiger partial charge in [-0.25, -0.2) is 15.0 Å². The van der Waals surface area contributed by atoms with Crippen LogP contribution in [-0.4, -0.2) is 45.5 Å². The van der Waals surface area contributed by atoms with E-state index >= 15 is 0 Å². The summed E-state index contributed by atoms with van der Waals surface area (Å²) in [5, 5.41) is 9.13. The third-order valence-corrected chi connectivity index (χ3v) is 9.42. The summed E-state index contributed by atoms with van der Waals surface area (Å²) >= 11 is 0. The van der Waals surface area contributed by atoms with E-state index in [1.54, 1.807) is 6.20 Å². The molecular formula is C17H28N4O3Si. The predicted molar refractivity (Wildman–Crippen MR) is 99.1 cm³/mol. The van der Waals surface area contributed by atoms with Gasteiger partial charge in [0.25, 0.3) is 0 Å². The third kappa shape index (κ3) is 4.43. The van der Waals surface area contributed by atoms with Crippen molar-refractivity contribution in [3.63, 3.8) is 0 Å². The first-order valence-corrected chi connectivity index (χ1v) is 11.5. The zero-order chi connectivity index (χ0) is 18.8. The van der Waals surface area contributed by atoms with E-state index in [9.17, 15) is 4.79 Å². The molecule has 1 N–H and O–H groups in total. The summed E-state index contributed by atoms with van der Waals surface area (Å²) in [6.07, 6.45) is 3.54. The van der Waals surface area contributed by atoms with Crippen molar-refractivity contribution in [2.45, 2.75) is 64.7 Å². The monoisotopic (exact) mass is 364 g/mol. The molecule has 0 saturated carbocycles. The molecule has 0 aliphatic heterocycles. The van der Waals surface area contributed by atoms with Crippen LogP contribution in [0.4, 0.5) is 0 Å². The number of hydrogen-bond donors (Lipinski definition) is 1. The van der Waals surface area contributed by atoms with Crippen molar-refractivity contribution in [2.24, 2.45) is 0 Å². The van der Waals surface area contributed by atoms with Crippen LogP contribution >= 0.6 is 0 Å². The molecule has 2 heterocycles. The molecule has 0 bridgehead atoms. The predicted octanol–water partition coefficient (Wildman–Crippen LogP) is 3.43. The number of imidazole rings is 1. The molecule has 2 rings (SSSR count). The number of aromatic nitrogens is 4. The zero-order valence-electron chi connectivity index (χ0n) is 15.9. The van der Waals surface area contributed by atoms with E-state index in [1.807, 2.05) is 4.57 Å². The van der Waals surface area contributed by atoms with Gasteiger partial charge in [0, 0.05) is 6.42 Å². The Morgan fingerprint density at radius 1 is 1.40 bits per heavy atom. The van der Waals surface area contributed by atoms with Gasteiger partial charge < -0.3 is 14.1 Å². The van der Waals surface area contributed by atoms with Gasteiger partial charge in [0.1, 0.15) is 17.7 Å². The average molecular weight is 365 g/mol. The van der Waals surface area contributed by atoms with Gasteiger partial charge >= 0.3 is 5.97 Å². The Kier molecular flexibility index (Phi) is 5.63. The molecule has 0 fully saturated rings. The zero-order valence-corrected chi connectivity index (χ0v) is 16.9. The van der Waals surface area contributed by atoms with Crippen LogP contribution in [0.15, 0.2) is 12.5 Å². The molecule has 0 aliphatic carbocycles. The lowest BCUT2D eigenvalue weighted by Crippen LogP contribution is -2.42. The normalized spacial score (nSPS) is 14.0. The Bertz CT molecular complexity index is 752. The summed E-state index contributed by atoms with van der Waals surface area (Å²) in [7, 11) is -1.86. The molecule has 138 valence electrons. The summed E-state index contributed by atoms with van der Waals surface area (Å²) in [6.45, 7) is 13.7. The molecular weight excluding hydrogens is 336 g/mol. The molecule has 0 amide bonds. The molecule has 1 unspecified atom stereocenters. The highest BCUT2D eigenvalue weighted by Gasteiger charge is 2.37. The topological polar surface area (TPSA) is 90.1 Å². The van der Waals surface area contributed by atoms with E-state index in [0.717, 1.165) is 5.65 Å². The molecule has 2 aromatic heterocycles. The number of carboxylic acid groups (broad SMARTS) is 1. The van der Waals surface area contributed by atoms with Crippen LogP contribution in [0.1, 0.15) is 46.0 Å². The Balaban J connectivity index is 2.28. The lowest BCUT2D eigenvalue weighted by molar-refractivity contribution is -0.137. The van der Waals surface area contributed by atoms with Crippen LogP contribution in [0.25, 0.3) is 11.2 Å². The maximum absolute atomic E-state index is 11.0. The number of rotatable bonds is 7. The van der Waals surface area contributed by atoms with Gasteiger partial charge in [0.05, 0.1) is 25.3 Å². The Morgan fingerprint density at radius 3 is 2.68 bits per heavy atom. The number of aliphatic carboxylic acids is 1. The molecule has 2 aromatic rings. The van der Waals surface area contributed by atoms with Crippen molar-refractivity contribution >= 4 is 25.5 Å². The van der Waals surface area contributed by atoms with Gasteiger partial charge in [-0.2, -0.15) is 0 Å². The minimum atomic E-state index is -1.86. The van der Waals surface area contributed by atoms with Crippen molar-refractivity contribution in [3.8, 4) is 0 Å². The standard InChI is InChI=1S/C17H28N4O3Si/c1-12(10-24-25(5,6)17(2,3)4)21-14(7-8-15(22)23)20-13-9-18-11-19-16(13)21/h9,11-12H,7-8,10H2,1-6H3,(H,22,23). The summed E-state index contributed by atoms with van der Waals surface area (Å²) in [6, 6.07) is 0.0119. The molecule has 0 spiro atoms. The van der Waals surface area contributed by atoms with Gasteiger partial charge in [-0.15, -0.1) is 0 Å². The maximum atomic E-state index is 11.0. The second-order valence-electron chi connectivity index (χ2n) is 7.94. The van der Waals surface area contributed by atoms with Crippen LogP contribution < -0.4 is 0 Å². The van der Waals surface area contributed by atoms with Crippen molar-refractivity contribution < 1.29 is 14.3 Å². The van der Waals surface area contributed by atoms with Crippen LogP contribution in [0, 0.1) is 0 Å². The van der Waals surface area contributed by atoms with E-state index in [1.165, 1.54) is 6.33 Å². The lowest BCUT2D eigenvalue weighted by Gasteiger charge is -2.37. The largest absolute Gasteiger partial charge is 0.481 e. The molecule has 7 nitrogen and oxygen atoms in total. The number of carbonyl (C=O) groups is 1. The van der Waals surface area contributed by atoms with Gasteiger partial charge in [-0.1, -0.05) is 20.8 Å². The molecule has 0 aliphatic rings. The summed E-state index contributed by atoms with van der Waals surface area (Å²) in [5.41, 5.74) is 1.41. The average Bonchev–Trinajstić information content (AvgIpc) is 2.88. The lowest BCUT2D eigenvalue weighted by atomic mass is 10.2. The molecule has 0 aromatic carbocycles. The molecule has 0 radical (unpaired) electrons. The first-order chi connectivity index (χ1) is 11.5. The Hall–Kier alpha value is -1.80. The summed E-state index contributed by atoms with van der Waals surface area (Å²) in [4.78, 5) is 23.8. The van der Waals surface area contributed by atoms with Gasteiger partial charge in [0.15, 0.2) is 14.0 Å². The first kappa shape index (κ1) is 19.5. The third-order valence-electron chi connectivity index (χ3n) is 4.92. The summed E-state index contributed by atoms with van der Waals surface area (Å²) < 4.78 is 8.33. The molecule has 8 heteroatoms. The van der Waals surface area contributed by atoms with E-state index in [2.05, 4.69) is 55.7 Å². The highest BCUT2D eigenvalue weighted by atomic mass is 28.4. The maximum Gasteiger partial charge on any atom is 0.303 e. The highest BCUT2D eigenvalue weighted by Crippen LogP contribution is 2.37. The van der Waals surface area contributed by atoms with E-state index in [0.29, 0.717) is 24.4 Å². The van der Waals surface area contributed by atoms with Crippen LogP contribution in [0.3, 0.4) is 0 Å². The number of carboxylic acids is 1. The Morgan fingerprint density at radius 2 is 2.08 bits per heavy atom. The fraction of sp³-hybridized carbons (Fsp3) is 0.647. The number of aryl methyl sites for hydroxylation is 1. The minimum absolute atomic E-state index is 0.0119. The van der Waals surface area contributed by atoms with Crippen LogP contribution in [0.5, 0.6) is 0 Å². The highest BCUT2D eigenvalue weighted by molar-refractivity contribution is 6.74. The first-order valence-electron chi connectivity index (χ1n) is 8.55. The fourth-order valence-electron chi connectivity index (χ4n) is 2.37. The number of hydrogen-bond acceptors (Lipinski definition) is 5. The van der Waals surface area contributed by atoms with Crippen molar-refractivity contribution in [1.82, 2.24) is 19.5 Å². The molecule has 25 heavy (non-hydrogen) atoms. The number of nitrogens with zero attached hydrogens (tertiary/aromatic N) is 4. The van der Waals surface area contributed by atoms with Gasteiger partial charge in [-0.05, 0) is 25.1 Å². The second kappa shape index (κ2) is 7.21. The van der Waals surface area contributed by atoms with Crippen LogP contribution in [-0.2, 0) is 15.6 Å². The van der Waals surface area contributed by atoms with Gasteiger partial charge in [-0.3, -0.25) is 4.79 Å². The second-order valence-corrected chi connectivity index (χ2v) is 12.8. The Labute approximate surface area is 149 Å². The smallest absolute Gasteiger partial charge is 0.303 e.